The minimum absolute atomic E-state index is 0.355. The lowest BCUT2D eigenvalue weighted by atomic mass is 9.86. The van der Waals surface area contributed by atoms with Crippen molar-refractivity contribution >= 4 is 17.7 Å². The second-order valence-electron chi connectivity index (χ2n) is 5.92. The molecule has 2 N–H and O–H groups in total. The number of nitrogens with one attached hydrogen (secondary N) is 1. The van der Waals surface area contributed by atoms with Crippen LogP contribution in [0, 0.1) is 5.92 Å². The van der Waals surface area contributed by atoms with Gasteiger partial charge < -0.3 is 10.4 Å². The fraction of sp³-hybridized carbons (Fsp3) is 0.588. The maximum Gasteiger partial charge on any atom is 0.321 e. The Labute approximate surface area is 131 Å². The Bertz CT molecular complexity index is 430. The molecule has 3 nitrogen and oxygen atoms in total. The van der Waals surface area contributed by atoms with Crippen molar-refractivity contribution in [2.75, 3.05) is 12.0 Å². The molecule has 1 fully saturated rings. The van der Waals surface area contributed by atoms with Crippen molar-refractivity contribution in [1.29, 1.82) is 0 Å². The fourth-order valence-electron chi connectivity index (χ4n) is 3.08. The van der Waals surface area contributed by atoms with Crippen molar-refractivity contribution < 1.29 is 9.90 Å². The van der Waals surface area contributed by atoms with Crippen LogP contribution in [0.2, 0.25) is 0 Å². The number of hydrogen-bond acceptors (Lipinski definition) is 3. The molecule has 1 aromatic carbocycles. The Balaban J connectivity index is 1.85. The lowest BCUT2D eigenvalue weighted by Gasteiger charge is -2.31. The summed E-state index contributed by atoms with van der Waals surface area (Å²) in [6.07, 6.45) is 7.35. The van der Waals surface area contributed by atoms with Crippen LogP contribution < -0.4 is 5.32 Å². The number of carboxylic acids is 1. The topological polar surface area (TPSA) is 49.3 Å². The molecule has 1 atom stereocenters. The molecule has 0 radical (unpaired) electrons. The largest absolute Gasteiger partial charge is 0.480 e. The van der Waals surface area contributed by atoms with Crippen molar-refractivity contribution in [3.05, 3.63) is 35.9 Å². The molecule has 0 saturated heterocycles. The average molecular weight is 307 g/mol. The van der Waals surface area contributed by atoms with Crippen LogP contribution in [0.4, 0.5) is 0 Å². The smallest absolute Gasteiger partial charge is 0.321 e. The van der Waals surface area contributed by atoms with Crippen LogP contribution >= 0.6 is 11.8 Å². The first kappa shape index (κ1) is 16.4. The molecule has 0 aliphatic heterocycles. The number of hydrogen-bond donors (Lipinski definition) is 2. The van der Waals surface area contributed by atoms with Gasteiger partial charge in [-0.3, -0.25) is 4.79 Å². The molecule has 0 spiro atoms. The van der Waals surface area contributed by atoms with Crippen LogP contribution in [0.3, 0.4) is 0 Å². The Kier molecular flexibility index (Phi) is 6.58. The van der Waals surface area contributed by atoms with E-state index in [1.165, 1.54) is 18.6 Å². The predicted octanol–water partition coefficient (Wildman–Crippen LogP) is 3.19. The normalized spacial score (nSPS) is 23.7. The van der Waals surface area contributed by atoms with Crippen LogP contribution in [-0.4, -0.2) is 35.2 Å². The third-order valence-corrected chi connectivity index (χ3v) is 5.07. The Hall–Kier alpha value is -1.00. The van der Waals surface area contributed by atoms with Gasteiger partial charge in [0, 0.05) is 6.04 Å². The number of aliphatic carboxylic acids is 1. The van der Waals surface area contributed by atoms with E-state index in [9.17, 15) is 9.90 Å². The minimum atomic E-state index is -0.745. The number of rotatable bonds is 7. The van der Waals surface area contributed by atoms with E-state index in [1.54, 1.807) is 0 Å². The van der Waals surface area contributed by atoms with Gasteiger partial charge in [0.15, 0.2) is 0 Å². The molecule has 1 aliphatic rings. The van der Waals surface area contributed by atoms with Crippen molar-refractivity contribution in [2.24, 2.45) is 5.92 Å². The lowest BCUT2D eigenvalue weighted by molar-refractivity contribution is -0.139. The number of thioether (sulfide) groups is 1. The van der Waals surface area contributed by atoms with Crippen molar-refractivity contribution in [3.63, 3.8) is 0 Å². The maximum atomic E-state index is 11.5. The Morgan fingerprint density at radius 3 is 2.52 bits per heavy atom. The summed E-state index contributed by atoms with van der Waals surface area (Å²) in [6, 6.07) is 9.74. The zero-order chi connectivity index (χ0) is 15.1. The molecule has 1 saturated carbocycles. The summed E-state index contributed by atoms with van der Waals surface area (Å²) in [5, 5.41) is 12.8. The molecule has 116 valence electrons. The van der Waals surface area contributed by atoms with Gasteiger partial charge in [-0.2, -0.15) is 11.8 Å². The van der Waals surface area contributed by atoms with E-state index in [1.807, 2.05) is 42.1 Å². The van der Waals surface area contributed by atoms with Gasteiger partial charge >= 0.3 is 5.97 Å². The number of carbonyl (C=O) groups is 1. The van der Waals surface area contributed by atoms with Crippen molar-refractivity contribution in [2.45, 2.75) is 44.2 Å². The van der Waals surface area contributed by atoms with E-state index in [0.717, 1.165) is 24.3 Å². The van der Waals surface area contributed by atoms with Gasteiger partial charge in [-0.1, -0.05) is 30.3 Å². The van der Waals surface area contributed by atoms with E-state index < -0.39 is 12.0 Å². The molecule has 21 heavy (non-hydrogen) atoms. The first-order valence-corrected chi connectivity index (χ1v) is 9.10. The van der Waals surface area contributed by atoms with Gasteiger partial charge in [-0.05, 0) is 55.6 Å². The molecule has 0 bridgehead atoms. The van der Waals surface area contributed by atoms with Crippen LogP contribution in [0.1, 0.15) is 31.2 Å². The quantitative estimate of drug-likeness (QED) is 0.812. The van der Waals surface area contributed by atoms with E-state index in [2.05, 4.69) is 11.6 Å². The van der Waals surface area contributed by atoms with E-state index in [0.29, 0.717) is 12.5 Å². The molecule has 0 aromatic heterocycles. The summed E-state index contributed by atoms with van der Waals surface area (Å²) in [7, 11) is 0. The predicted molar refractivity (Wildman–Crippen MR) is 88.8 cm³/mol. The molecule has 2 rings (SSSR count). The van der Waals surface area contributed by atoms with Gasteiger partial charge in [-0.15, -0.1) is 0 Å². The standard InChI is InChI=1S/C17H25NO2S/c1-21-12-14-7-9-15(10-8-14)18-16(17(19)20)11-13-5-3-2-4-6-13/h2-6,14-16,18H,7-12H2,1H3,(H,19,20)/t14?,15?,16-/m1/s1. The van der Waals surface area contributed by atoms with Crippen LogP contribution in [0.5, 0.6) is 0 Å². The average Bonchev–Trinajstić information content (AvgIpc) is 2.50. The van der Waals surface area contributed by atoms with Crippen LogP contribution in [0.25, 0.3) is 0 Å². The highest BCUT2D eigenvalue weighted by Gasteiger charge is 2.26. The third kappa shape index (κ3) is 5.36. The Morgan fingerprint density at radius 2 is 1.95 bits per heavy atom. The molecule has 1 aliphatic carbocycles. The summed E-state index contributed by atoms with van der Waals surface area (Å²) < 4.78 is 0. The highest BCUT2D eigenvalue weighted by atomic mass is 32.2. The van der Waals surface area contributed by atoms with E-state index in [4.69, 9.17) is 0 Å². The first-order valence-electron chi connectivity index (χ1n) is 7.70. The van der Waals surface area contributed by atoms with Gasteiger partial charge in [0.2, 0.25) is 0 Å². The monoisotopic (exact) mass is 307 g/mol. The summed E-state index contributed by atoms with van der Waals surface area (Å²) in [5.74, 6) is 1.31. The zero-order valence-electron chi connectivity index (χ0n) is 12.6. The minimum Gasteiger partial charge on any atom is -0.480 e. The number of carboxylic acid groups (broad SMARTS) is 1. The first-order chi connectivity index (χ1) is 10.2. The van der Waals surface area contributed by atoms with E-state index >= 15 is 0 Å². The van der Waals surface area contributed by atoms with Gasteiger partial charge in [0.05, 0.1) is 0 Å². The van der Waals surface area contributed by atoms with Crippen LogP contribution in [0.15, 0.2) is 30.3 Å². The molecule has 0 heterocycles. The van der Waals surface area contributed by atoms with Crippen molar-refractivity contribution in [1.82, 2.24) is 5.32 Å². The van der Waals surface area contributed by atoms with Gasteiger partial charge in [0.1, 0.15) is 6.04 Å². The van der Waals surface area contributed by atoms with Gasteiger partial charge in [-0.25, -0.2) is 0 Å². The highest BCUT2D eigenvalue weighted by molar-refractivity contribution is 7.98. The summed E-state index contributed by atoms with van der Waals surface area (Å²) in [4.78, 5) is 11.5. The van der Waals surface area contributed by atoms with Gasteiger partial charge in [0.25, 0.3) is 0 Å². The second kappa shape index (κ2) is 8.44. The highest BCUT2D eigenvalue weighted by Crippen LogP contribution is 2.27. The second-order valence-corrected chi connectivity index (χ2v) is 6.83. The SMILES string of the molecule is CSCC1CCC(N[C@H](Cc2ccccc2)C(=O)O)CC1. The molecule has 4 heteroatoms. The zero-order valence-corrected chi connectivity index (χ0v) is 13.4. The maximum absolute atomic E-state index is 11.5. The third-order valence-electron chi connectivity index (χ3n) is 4.27. The summed E-state index contributed by atoms with van der Waals surface area (Å²) in [5.41, 5.74) is 1.08. The summed E-state index contributed by atoms with van der Waals surface area (Å²) in [6.45, 7) is 0. The van der Waals surface area contributed by atoms with Crippen molar-refractivity contribution in [3.8, 4) is 0 Å². The van der Waals surface area contributed by atoms with Crippen LogP contribution in [-0.2, 0) is 11.2 Å². The van der Waals surface area contributed by atoms with E-state index in [-0.39, 0.29) is 0 Å². The molecule has 1 aromatic rings. The summed E-state index contributed by atoms with van der Waals surface area (Å²) >= 11 is 1.92. The Morgan fingerprint density at radius 1 is 1.29 bits per heavy atom. The molecular weight excluding hydrogens is 282 g/mol. The number of benzene rings is 1. The molecule has 0 amide bonds. The molecular formula is C17H25NO2S. The lowest BCUT2D eigenvalue weighted by Crippen LogP contribution is -2.46. The fourth-order valence-corrected chi connectivity index (χ4v) is 3.89. The molecule has 0 unspecified atom stereocenters.